The molecule has 2 rings (SSSR count). The fourth-order valence-electron chi connectivity index (χ4n) is 1.31. The molecule has 3 heteroatoms. The number of hydrogen-bond acceptors (Lipinski definition) is 0. The molecule has 0 aliphatic heterocycles. The summed E-state index contributed by atoms with van der Waals surface area (Å²) in [6.45, 7) is 2.02. The molecule has 0 aliphatic rings. The third kappa shape index (κ3) is 1.25. The fourth-order valence-corrected chi connectivity index (χ4v) is 2.19. The summed E-state index contributed by atoms with van der Waals surface area (Å²) in [6, 6.07) is 6.01. The van der Waals surface area contributed by atoms with Crippen LogP contribution in [0.3, 0.4) is 0 Å². The monoisotopic (exact) mass is 243 g/mol. The Bertz CT molecular complexity index is 433. The highest BCUT2D eigenvalue weighted by Crippen LogP contribution is 2.27. The molecular formula is C9H7BrClN. The van der Waals surface area contributed by atoms with Crippen molar-refractivity contribution in [3.8, 4) is 0 Å². The first-order valence-electron chi connectivity index (χ1n) is 3.61. The molecule has 0 amide bonds. The van der Waals surface area contributed by atoms with E-state index >= 15 is 0 Å². The van der Waals surface area contributed by atoms with Crippen molar-refractivity contribution < 1.29 is 0 Å². The van der Waals surface area contributed by atoms with Crippen LogP contribution in [0.25, 0.3) is 10.9 Å². The van der Waals surface area contributed by atoms with E-state index in [4.69, 9.17) is 11.6 Å². The van der Waals surface area contributed by atoms with Gasteiger partial charge < -0.3 is 4.98 Å². The second-order valence-corrected chi connectivity index (χ2v) is 4.13. The Balaban J connectivity index is 2.88. The van der Waals surface area contributed by atoms with Gasteiger partial charge in [0.05, 0.1) is 10.5 Å². The van der Waals surface area contributed by atoms with E-state index in [1.54, 1.807) is 0 Å². The van der Waals surface area contributed by atoms with Crippen molar-refractivity contribution in [1.29, 1.82) is 0 Å². The molecule has 0 aliphatic carbocycles. The molecule has 0 atom stereocenters. The highest BCUT2D eigenvalue weighted by Gasteiger charge is 2.02. The number of nitrogens with one attached hydrogen (secondary N) is 1. The first kappa shape index (κ1) is 8.14. The van der Waals surface area contributed by atoms with Gasteiger partial charge in [-0.3, -0.25) is 0 Å². The van der Waals surface area contributed by atoms with Gasteiger partial charge in [-0.25, -0.2) is 0 Å². The van der Waals surface area contributed by atoms with E-state index in [0.29, 0.717) is 0 Å². The van der Waals surface area contributed by atoms with Crippen molar-refractivity contribution in [2.75, 3.05) is 0 Å². The molecule has 0 saturated heterocycles. The number of benzene rings is 1. The number of H-pyrrole nitrogens is 1. The maximum atomic E-state index is 6.01. The van der Waals surface area contributed by atoms with E-state index < -0.39 is 0 Å². The van der Waals surface area contributed by atoms with Gasteiger partial charge in [-0.1, -0.05) is 27.5 Å². The molecule has 1 aromatic carbocycles. The van der Waals surface area contributed by atoms with E-state index in [-0.39, 0.29) is 0 Å². The second kappa shape index (κ2) is 2.79. The number of fused-ring (bicyclic) bond motifs is 1. The normalized spacial score (nSPS) is 10.9. The Morgan fingerprint density at radius 3 is 2.83 bits per heavy atom. The van der Waals surface area contributed by atoms with Crippen molar-refractivity contribution in [2.45, 2.75) is 6.92 Å². The maximum Gasteiger partial charge on any atom is 0.0658 e. The van der Waals surface area contributed by atoms with Crippen molar-refractivity contribution >= 4 is 38.4 Å². The van der Waals surface area contributed by atoms with Crippen molar-refractivity contribution in [3.05, 3.63) is 33.4 Å². The van der Waals surface area contributed by atoms with Crippen LogP contribution < -0.4 is 0 Å². The Kier molecular flexibility index (Phi) is 1.89. The first-order chi connectivity index (χ1) is 5.66. The lowest BCUT2D eigenvalue weighted by Gasteiger charge is -1.94. The minimum Gasteiger partial charge on any atom is -0.357 e. The molecule has 1 heterocycles. The minimum absolute atomic E-state index is 0.757. The lowest BCUT2D eigenvalue weighted by atomic mass is 10.2. The topological polar surface area (TPSA) is 15.8 Å². The first-order valence-corrected chi connectivity index (χ1v) is 4.78. The average Bonchev–Trinajstić information content (AvgIpc) is 2.29. The predicted molar refractivity (Wildman–Crippen MR) is 55.7 cm³/mol. The molecule has 0 spiro atoms. The summed E-state index contributed by atoms with van der Waals surface area (Å²) in [5.74, 6) is 0. The third-order valence-electron chi connectivity index (χ3n) is 1.78. The average molecular weight is 245 g/mol. The molecular weight excluding hydrogens is 237 g/mol. The van der Waals surface area contributed by atoms with Gasteiger partial charge in [-0.05, 0) is 25.1 Å². The van der Waals surface area contributed by atoms with E-state index in [0.717, 1.165) is 26.1 Å². The molecule has 0 radical (unpaired) electrons. The lowest BCUT2D eigenvalue weighted by Crippen LogP contribution is -1.71. The number of aromatic amines is 1. The standard InChI is InChI=1S/C9H7BrClN/c1-5-2-6-3-7(10)4-8(11)9(6)12-5/h2-4,12H,1H3. The van der Waals surface area contributed by atoms with E-state index in [2.05, 4.69) is 27.0 Å². The Hall–Kier alpha value is -0.470. The minimum atomic E-state index is 0.757. The number of hydrogen-bond donors (Lipinski definition) is 1. The Morgan fingerprint density at radius 2 is 2.08 bits per heavy atom. The van der Waals surface area contributed by atoms with Gasteiger partial charge in [0.1, 0.15) is 0 Å². The molecule has 0 bridgehead atoms. The van der Waals surface area contributed by atoms with Gasteiger partial charge in [0.15, 0.2) is 0 Å². The Morgan fingerprint density at radius 1 is 1.33 bits per heavy atom. The molecule has 2 aromatic rings. The fraction of sp³-hybridized carbons (Fsp3) is 0.111. The lowest BCUT2D eigenvalue weighted by molar-refractivity contribution is 1.30. The van der Waals surface area contributed by atoms with E-state index in [9.17, 15) is 0 Å². The number of halogens is 2. The zero-order valence-corrected chi connectivity index (χ0v) is 8.83. The zero-order chi connectivity index (χ0) is 8.72. The molecule has 1 aromatic heterocycles. The second-order valence-electron chi connectivity index (χ2n) is 2.80. The molecule has 0 fully saturated rings. The van der Waals surface area contributed by atoms with Crippen LogP contribution in [-0.4, -0.2) is 4.98 Å². The molecule has 0 saturated carbocycles. The van der Waals surface area contributed by atoms with Crippen LogP contribution in [0.1, 0.15) is 5.69 Å². The predicted octanol–water partition coefficient (Wildman–Crippen LogP) is 3.89. The highest BCUT2D eigenvalue weighted by molar-refractivity contribution is 9.10. The van der Waals surface area contributed by atoms with Crippen LogP contribution >= 0.6 is 27.5 Å². The molecule has 1 N–H and O–H groups in total. The van der Waals surface area contributed by atoms with Crippen molar-refractivity contribution in [1.82, 2.24) is 4.98 Å². The summed E-state index contributed by atoms with van der Waals surface area (Å²) >= 11 is 9.41. The molecule has 62 valence electrons. The van der Waals surface area contributed by atoms with Crippen LogP contribution in [-0.2, 0) is 0 Å². The van der Waals surface area contributed by atoms with E-state index in [1.165, 1.54) is 0 Å². The number of rotatable bonds is 0. The summed E-state index contributed by atoms with van der Waals surface area (Å²) in [5.41, 5.74) is 2.14. The summed E-state index contributed by atoms with van der Waals surface area (Å²) in [4.78, 5) is 3.20. The number of aromatic nitrogens is 1. The molecule has 1 nitrogen and oxygen atoms in total. The Labute approximate surface area is 83.9 Å². The van der Waals surface area contributed by atoms with Crippen molar-refractivity contribution in [3.63, 3.8) is 0 Å². The summed E-state index contributed by atoms with van der Waals surface area (Å²) < 4.78 is 1.01. The summed E-state index contributed by atoms with van der Waals surface area (Å²) in [5, 5.41) is 1.90. The van der Waals surface area contributed by atoms with Gasteiger partial charge in [0.25, 0.3) is 0 Å². The molecule has 0 unspecified atom stereocenters. The van der Waals surface area contributed by atoms with Gasteiger partial charge in [0, 0.05) is 15.6 Å². The van der Waals surface area contributed by atoms with E-state index in [1.807, 2.05) is 19.1 Å². The van der Waals surface area contributed by atoms with Crippen LogP contribution in [0.5, 0.6) is 0 Å². The number of aryl methyl sites for hydroxylation is 1. The molecule has 12 heavy (non-hydrogen) atoms. The van der Waals surface area contributed by atoms with Crippen LogP contribution in [0.15, 0.2) is 22.7 Å². The summed E-state index contributed by atoms with van der Waals surface area (Å²) in [6.07, 6.45) is 0. The smallest absolute Gasteiger partial charge is 0.0658 e. The van der Waals surface area contributed by atoms with Crippen LogP contribution in [0.2, 0.25) is 5.02 Å². The SMILES string of the molecule is Cc1cc2cc(Br)cc(Cl)c2[nH]1. The van der Waals surface area contributed by atoms with Crippen LogP contribution in [0, 0.1) is 6.92 Å². The zero-order valence-electron chi connectivity index (χ0n) is 6.49. The largest absolute Gasteiger partial charge is 0.357 e. The summed E-state index contributed by atoms with van der Waals surface area (Å²) in [7, 11) is 0. The quantitative estimate of drug-likeness (QED) is 0.724. The maximum absolute atomic E-state index is 6.01. The van der Waals surface area contributed by atoms with Gasteiger partial charge in [-0.15, -0.1) is 0 Å². The van der Waals surface area contributed by atoms with Crippen LogP contribution in [0.4, 0.5) is 0 Å². The highest BCUT2D eigenvalue weighted by atomic mass is 79.9. The van der Waals surface area contributed by atoms with Gasteiger partial charge in [0.2, 0.25) is 0 Å². The third-order valence-corrected chi connectivity index (χ3v) is 2.54. The van der Waals surface area contributed by atoms with Crippen molar-refractivity contribution in [2.24, 2.45) is 0 Å². The van der Waals surface area contributed by atoms with Gasteiger partial charge >= 0.3 is 0 Å². The van der Waals surface area contributed by atoms with Gasteiger partial charge in [-0.2, -0.15) is 0 Å².